The zero-order valence-corrected chi connectivity index (χ0v) is 15.2. The van der Waals surface area contributed by atoms with Gasteiger partial charge in [-0.3, -0.25) is 4.90 Å². The first-order valence-electron chi connectivity index (χ1n) is 9.48. The molecule has 0 amide bonds. The van der Waals surface area contributed by atoms with E-state index < -0.39 is 18.2 Å². The topological polar surface area (TPSA) is 49.8 Å². The molecule has 27 heavy (non-hydrogen) atoms. The van der Waals surface area contributed by atoms with Gasteiger partial charge in [-0.05, 0) is 48.5 Å². The number of piperidine rings is 3. The molecule has 2 atom stereocenters. The van der Waals surface area contributed by atoms with E-state index in [4.69, 9.17) is 4.74 Å². The molecule has 0 radical (unpaired) electrons. The largest absolute Gasteiger partial charge is 0.458 e. The van der Waals surface area contributed by atoms with E-state index in [-0.39, 0.29) is 6.10 Å². The van der Waals surface area contributed by atoms with Crippen LogP contribution >= 0.6 is 0 Å². The smallest absolute Gasteiger partial charge is 0.348 e. The SMILES string of the molecule is O=C(OC1CN2CCC1CC2)C(O)(c1ccccc1)c1ccc(CF)cc1. The lowest BCUT2D eigenvalue weighted by Gasteiger charge is -2.44. The van der Waals surface area contributed by atoms with Crippen molar-refractivity contribution < 1.29 is 19.0 Å². The van der Waals surface area contributed by atoms with Crippen molar-refractivity contribution >= 4 is 5.97 Å². The van der Waals surface area contributed by atoms with Crippen LogP contribution in [0, 0.1) is 5.92 Å². The van der Waals surface area contributed by atoms with Crippen molar-refractivity contribution in [1.29, 1.82) is 0 Å². The van der Waals surface area contributed by atoms with E-state index >= 15 is 0 Å². The maximum Gasteiger partial charge on any atom is 0.348 e. The van der Waals surface area contributed by atoms with Crippen LogP contribution in [0.4, 0.5) is 4.39 Å². The number of aliphatic hydroxyl groups is 1. The Labute approximate surface area is 158 Å². The molecule has 3 heterocycles. The lowest BCUT2D eigenvalue weighted by molar-refractivity contribution is -0.177. The predicted octanol–water partition coefficient (Wildman–Crippen LogP) is 3.03. The van der Waals surface area contributed by atoms with E-state index in [2.05, 4.69) is 4.90 Å². The molecule has 0 aliphatic carbocycles. The molecule has 0 aromatic heterocycles. The van der Waals surface area contributed by atoms with Gasteiger partial charge in [-0.15, -0.1) is 0 Å². The first kappa shape index (κ1) is 18.1. The molecule has 3 aliphatic heterocycles. The van der Waals surface area contributed by atoms with Gasteiger partial charge in [-0.25, -0.2) is 9.18 Å². The van der Waals surface area contributed by atoms with E-state index in [1.54, 1.807) is 48.5 Å². The van der Waals surface area contributed by atoms with Crippen molar-refractivity contribution in [2.75, 3.05) is 19.6 Å². The quantitative estimate of drug-likeness (QED) is 0.823. The second-order valence-electron chi connectivity index (χ2n) is 7.49. The second-order valence-corrected chi connectivity index (χ2v) is 7.49. The zero-order valence-electron chi connectivity index (χ0n) is 15.2. The van der Waals surface area contributed by atoms with Crippen LogP contribution in [-0.4, -0.2) is 41.7 Å². The number of halogens is 1. The van der Waals surface area contributed by atoms with Gasteiger partial charge in [0.05, 0.1) is 0 Å². The number of benzene rings is 2. The summed E-state index contributed by atoms with van der Waals surface area (Å²) in [5, 5.41) is 11.5. The van der Waals surface area contributed by atoms with Gasteiger partial charge in [0.1, 0.15) is 12.8 Å². The first-order chi connectivity index (χ1) is 13.1. The highest BCUT2D eigenvalue weighted by Gasteiger charge is 2.45. The average molecular weight is 369 g/mol. The molecule has 2 bridgehead atoms. The molecule has 5 heteroatoms. The van der Waals surface area contributed by atoms with Crippen molar-refractivity contribution in [2.24, 2.45) is 5.92 Å². The molecule has 0 saturated carbocycles. The van der Waals surface area contributed by atoms with Gasteiger partial charge >= 0.3 is 5.97 Å². The van der Waals surface area contributed by atoms with Gasteiger partial charge in [0.25, 0.3) is 0 Å². The Morgan fingerprint density at radius 3 is 2.26 bits per heavy atom. The molecule has 2 aromatic carbocycles. The van der Waals surface area contributed by atoms with Gasteiger partial charge in [-0.2, -0.15) is 0 Å². The van der Waals surface area contributed by atoms with Crippen molar-refractivity contribution in [2.45, 2.75) is 31.2 Å². The van der Waals surface area contributed by atoms with E-state index in [1.165, 1.54) is 0 Å². The summed E-state index contributed by atoms with van der Waals surface area (Å²) in [6.07, 6.45) is 1.85. The predicted molar refractivity (Wildman–Crippen MR) is 99.7 cm³/mol. The number of carbonyl (C=O) groups is 1. The molecule has 0 spiro atoms. The third-order valence-corrected chi connectivity index (χ3v) is 5.87. The number of fused-ring (bicyclic) bond motifs is 3. The van der Waals surface area contributed by atoms with Crippen LogP contribution in [-0.2, 0) is 21.8 Å². The van der Waals surface area contributed by atoms with Gasteiger partial charge in [-0.1, -0.05) is 54.6 Å². The fraction of sp³-hybridized carbons (Fsp3) is 0.409. The van der Waals surface area contributed by atoms with E-state index in [0.29, 0.717) is 22.6 Å². The lowest BCUT2D eigenvalue weighted by Crippen LogP contribution is -2.53. The molecular weight excluding hydrogens is 345 g/mol. The third-order valence-electron chi connectivity index (χ3n) is 5.87. The molecule has 142 valence electrons. The highest BCUT2D eigenvalue weighted by atomic mass is 19.1. The summed E-state index contributed by atoms with van der Waals surface area (Å²) >= 11 is 0. The fourth-order valence-corrected chi connectivity index (χ4v) is 4.18. The van der Waals surface area contributed by atoms with Crippen LogP contribution in [0.2, 0.25) is 0 Å². The summed E-state index contributed by atoms with van der Waals surface area (Å²) in [5.74, 6) is -0.312. The maximum absolute atomic E-state index is 13.2. The number of nitrogens with zero attached hydrogens (tertiary/aromatic N) is 1. The van der Waals surface area contributed by atoms with Crippen molar-refractivity contribution in [3.63, 3.8) is 0 Å². The van der Waals surface area contributed by atoms with E-state index in [9.17, 15) is 14.3 Å². The number of alkyl halides is 1. The second kappa shape index (κ2) is 7.41. The molecule has 2 unspecified atom stereocenters. The van der Waals surface area contributed by atoms with Crippen LogP contribution in [0.25, 0.3) is 0 Å². The lowest BCUT2D eigenvalue weighted by atomic mass is 9.84. The average Bonchev–Trinajstić information content (AvgIpc) is 2.74. The standard InChI is InChI=1S/C22H24FNO3/c23-14-16-6-8-19(9-7-16)22(26,18-4-2-1-3-5-18)21(25)27-20-15-24-12-10-17(20)11-13-24/h1-9,17,20,26H,10-15H2. The molecule has 3 fully saturated rings. The molecule has 3 aliphatic rings. The molecule has 2 aromatic rings. The minimum atomic E-state index is -1.91. The summed E-state index contributed by atoms with van der Waals surface area (Å²) in [5.41, 5.74) is -0.580. The highest BCUT2D eigenvalue weighted by Crippen LogP contribution is 2.35. The molecule has 3 saturated heterocycles. The summed E-state index contributed by atoms with van der Waals surface area (Å²) in [6.45, 7) is 2.23. The van der Waals surface area contributed by atoms with Crippen molar-refractivity contribution in [3.05, 3.63) is 71.3 Å². The Morgan fingerprint density at radius 1 is 1.07 bits per heavy atom. The Morgan fingerprint density at radius 2 is 1.70 bits per heavy atom. The third kappa shape index (κ3) is 3.37. The van der Waals surface area contributed by atoms with Crippen LogP contribution in [0.3, 0.4) is 0 Å². The summed E-state index contributed by atoms with van der Waals surface area (Å²) in [7, 11) is 0. The van der Waals surface area contributed by atoms with Gasteiger partial charge in [0.2, 0.25) is 5.60 Å². The number of hydrogen-bond acceptors (Lipinski definition) is 4. The van der Waals surface area contributed by atoms with Gasteiger partial charge in [0.15, 0.2) is 0 Å². The monoisotopic (exact) mass is 369 g/mol. The van der Waals surface area contributed by atoms with Gasteiger partial charge < -0.3 is 9.84 Å². The van der Waals surface area contributed by atoms with Crippen LogP contribution in [0.15, 0.2) is 54.6 Å². The molecule has 4 nitrogen and oxygen atoms in total. The summed E-state index contributed by atoms with van der Waals surface area (Å²) < 4.78 is 18.7. The van der Waals surface area contributed by atoms with Crippen LogP contribution in [0.1, 0.15) is 29.5 Å². The number of hydrogen-bond donors (Lipinski definition) is 1. The first-order valence-corrected chi connectivity index (χ1v) is 9.48. The van der Waals surface area contributed by atoms with Crippen molar-refractivity contribution in [1.82, 2.24) is 4.90 Å². The Kier molecular flexibility index (Phi) is 4.98. The highest BCUT2D eigenvalue weighted by molar-refractivity contribution is 5.85. The van der Waals surface area contributed by atoms with Crippen LogP contribution < -0.4 is 0 Å². The summed E-state index contributed by atoms with van der Waals surface area (Å²) in [4.78, 5) is 15.5. The summed E-state index contributed by atoms with van der Waals surface area (Å²) in [6, 6.07) is 15.2. The minimum absolute atomic E-state index is 0.194. The number of carbonyl (C=O) groups excluding carboxylic acids is 1. The van der Waals surface area contributed by atoms with E-state index in [1.807, 2.05) is 6.07 Å². The molecule has 1 N–H and O–H groups in total. The van der Waals surface area contributed by atoms with Gasteiger partial charge in [0, 0.05) is 6.54 Å². The minimum Gasteiger partial charge on any atom is -0.458 e. The Bertz CT molecular complexity index is 787. The Hall–Kier alpha value is -2.24. The molecular formula is C22H24FNO3. The van der Waals surface area contributed by atoms with Crippen LogP contribution in [0.5, 0.6) is 0 Å². The molecule has 5 rings (SSSR count). The maximum atomic E-state index is 13.2. The van der Waals surface area contributed by atoms with E-state index in [0.717, 1.165) is 32.5 Å². The zero-order chi connectivity index (χ0) is 18.9. The number of ether oxygens (including phenoxy) is 1. The Balaban J connectivity index is 1.66. The number of esters is 1. The van der Waals surface area contributed by atoms with Crippen molar-refractivity contribution in [3.8, 4) is 0 Å². The normalized spacial score (nSPS) is 26.4. The fourth-order valence-electron chi connectivity index (χ4n) is 4.18. The number of rotatable bonds is 5.